The Morgan fingerprint density at radius 3 is 2.68 bits per heavy atom. The van der Waals surface area contributed by atoms with Crippen molar-refractivity contribution in [3.8, 4) is 0 Å². The molecule has 0 saturated heterocycles. The molecule has 0 amide bonds. The molecule has 3 N–H and O–H groups in total. The molecule has 0 radical (unpaired) electrons. The van der Waals surface area contributed by atoms with Crippen molar-refractivity contribution in [2.45, 2.75) is 11.8 Å². The Bertz CT molecular complexity index is 704. The maximum Gasteiger partial charge on any atom is 0.263 e. The van der Waals surface area contributed by atoms with Crippen molar-refractivity contribution in [1.82, 2.24) is 9.97 Å². The Morgan fingerprint density at radius 2 is 2.05 bits per heavy atom. The number of rotatable bonds is 3. The van der Waals surface area contributed by atoms with Crippen LogP contribution in [0.5, 0.6) is 0 Å². The van der Waals surface area contributed by atoms with Gasteiger partial charge in [0.05, 0.1) is 11.1 Å². The lowest BCUT2D eigenvalue weighted by atomic mass is 10.2. The van der Waals surface area contributed by atoms with Crippen LogP contribution in [-0.2, 0) is 10.0 Å². The number of nitrogen functional groups attached to an aromatic ring is 1. The fourth-order valence-electron chi connectivity index (χ4n) is 1.50. The SMILES string of the molecule is Cc1c(F)cc(N)cc1S(=O)(=O)Nc1cnccn1. The molecule has 0 saturated carbocycles. The van der Waals surface area contributed by atoms with E-state index < -0.39 is 15.8 Å². The highest BCUT2D eigenvalue weighted by Gasteiger charge is 2.20. The van der Waals surface area contributed by atoms with Crippen molar-refractivity contribution >= 4 is 21.5 Å². The minimum absolute atomic E-state index is 0.00871. The van der Waals surface area contributed by atoms with E-state index in [1.807, 2.05) is 0 Å². The van der Waals surface area contributed by atoms with Gasteiger partial charge in [0.25, 0.3) is 10.0 Å². The van der Waals surface area contributed by atoms with Gasteiger partial charge in [0.2, 0.25) is 0 Å². The third-order valence-corrected chi connectivity index (χ3v) is 3.89. The fourth-order valence-corrected chi connectivity index (χ4v) is 2.78. The second-order valence-corrected chi connectivity index (χ2v) is 5.47. The number of anilines is 2. The van der Waals surface area contributed by atoms with Crippen molar-refractivity contribution in [2.75, 3.05) is 10.5 Å². The summed E-state index contributed by atoms with van der Waals surface area (Å²) in [6, 6.07) is 2.26. The van der Waals surface area contributed by atoms with Crippen molar-refractivity contribution < 1.29 is 12.8 Å². The molecule has 0 bridgehead atoms. The zero-order chi connectivity index (χ0) is 14.0. The molecule has 0 unspecified atom stereocenters. The van der Waals surface area contributed by atoms with Crippen LogP contribution >= 0.6 is 0 Å². The van der Waals surface area contributed by atoms with Gasteiger partial charge in [-0.1, -0.05) is 0 Å². The molecule has 100 valence electrons. The van der Waals surface area contributed by atoms with Crippen molar-refractivity contribution in [3.63, 3.8) is 0 Å². The van der Waals surface area contributed by atoms with E-state index in [1.54, 1.807) is 0 Å². The number of nitrogens with zero attached hydrogens (tertiary/aromatic N) is 2. The minimum Gasteiger partial charge on any atom is -0.399 e. The Kier molecular flexibility index (Phi) is 3.34. The molecule has 0 atom stereocenters. The van der Waals surface area contributed by atoms with Gasteiger partial charge in [-0.05, 0) is 19.1 Å². The molecule has 0 fully saturated rings. The standard InChI is InChI=1S/C11H11FN4O2S/c1-7-9(12)4-8(13)5-10(7)19(17,18)16-11-6-14-2-3-15-11/h2-6H,13H2,1H3,(H,15,16). The molecule has 1 aromatic carbocycles. The average Bonchev–Trinajstić information content (AvgIpc) is 2.34. The highest BCUT2D eigenvalue weighted by atomic mass is 32.2. The van der Waals surface area contributed by atoms with E-state index in [0.29, 0.717) is 0 Å². The van der Waals surface area contributed by atoms with Gasteiger partial charge in [0, 0.05) is 23.6 Å². The molecule has 2 aromatic rings. The van der Waals surface area contributed by atoms with Gasteiger partial charge in [0.15, 0.2) is 5.82 Å². The lowest BCUT2D eigenvalue weighted by Crippen LogP contribution is -2.16. The number of benzene rings is 1. The third-order valence-electron chi connectivity index (χ3n) is 2.41. The molecule has 2 rings (SSSR count). The van der Waals surface area contributed by atoms with Crippen molar-refractivity contribution in [1.29, 1.82) is 0 Å². The molecule has 19 heavy (non-hydrogen) atoms. The lowest BCUT2D eigenvalue weighted by molar-refractivity contribution is 0.591. The molecule has 0 spiro atoms. The second kappa shape index (κ2) is 4.81. The van der Waals surface area contributed by atoms with E-state index in [4.69, 9.17) is 5.73 Å². The summed E-state index contributed by atoms with van der Waals surface area (Å²) in [6.45, 7) is 1.36. The minimum atomic E-state index is -3.96. The Morgan fingerprint density at radius 1 is 1.32 bits per heavy atom. The molecule has 0 aliphatic heterocycles. The predicted octanol–water partition coefficient (Wildman–Crippen LogP) is 1.31. The van der Waals surface area contributed by atoms with Crippen LogP contribution in [-0.4, -0.2) is 18.4 Å². The average molecular weight is 282 g/mol. The number of nitrogens with one attached hydrogen (secondary N) is 1. The maximum absolute atomic E-state index is 13.5. The number of hydrogen-bond acceptors (Lipinski definition) is 5. The predicted molar refractivity (Wildman–Crippen MR) is 68.4 cm³/mol. The largest absolute Gasteiger partial charge is 0.399 e. The first kappa shape index (κ1) is 13.2. The molecular formula is C11H11FN4O2S. The normalized spacial score (nSPS) is 11.3. The van der Waals surface area contributed by atoms with E-state index in [0.717, 1.165) is 6.07 Å². The zero-order valence-corrected chi connectivity index (χ0v) is 10.8. The van der Waals surface area contributed by atoms with Gasteiger partial charge < -0.3 is 5.73 Å². The van der Waals surface area contributed by atoms with Gasteiger partial charge in [-0.25, -0.2) is 17.8 Å². The summed E-state index contributed by atoms with van der Waals surface area (Å²) >= 11 is 0. The maximum atomic E-state index is 13.5. The van der Waals surface area contributed by atoms with Crippen molar-refractivity contribution in [3.05, 3.63) is 42.1 Å². The van der Waals surface area contributed by atoms with Gasteiger partial charge in [-0.15, -0.1) is 0 Å². The van der Waals surface area contributed by atoms with Gasteiger partial charge in [-0.3, -0.25) is 9.71 Å². The summed E-state index contributed by atoms with van der Waals surface area (Å²) in [4.78, 5) is 7.29. The summed E-state index contributed by atoms with van der Waals surface area (Å²) in [5, 5.41) is 0. The first-order valence-corrected chi connectivity index (χ1v) is 6.73. The van der Waals surface area contributed by atoms with E-state index in [-0.39, 0.29) is 22.0 Å². The van der Waals surface area contributed by atoms with Crippen LogP contribution in [0.15, 0.2) is 35.6 Å². The molecule has 1 heterocycles. The Hall–Kier alpha value is -2.22. The lowest BCUT2D eigenvalue weighted by Gasteiger charge is -2.10. The number of sulfonamides is 1. The molecule has 0 aliphatic carbocycles. The smallest absolute Gasteiger partial charge is 0.263 e. The van der Waals surface area contributed by atoms with Crippen LogP contribution in [0.25, 0.3) is 0 Å². The quantitative estimate of drug-likeness (QED) is 0.827. The molecular weight excluding hydrogens is 271 g/mol. The second-order valence-electron chi connectivity index (χ2n) is 3.82. The molecule has 0 aliphatic rings. The Labute approximate surface area is 109 Å². The van der Waals surface area contributed by atoms with Gasteiger partial charge in [0.1, 0.15) is 5.82 Å². The fraction of sp³-hybridized carbons (Fsp3) is 0.0909. The van der Waals surface area contributed by atoms with Crippen LogP contribution in [0.1, 0.15) is 5.56 Å². The van der Waals surface area contributed by atoms with Gasteiger partial charge >= 0.3 is 0 Å². The summed E-state index contributed by atoms with van der Waals surface area (Å²) in [5.41, 5.74) is 5.48. The highest BCUT2D eigenvalue weighted by Crippen LogP contribution is 2.23. The van der Waals surface area contributed by atoms with E-state index >= 15 is 0 Å². The summed E-state index contributed by atoms with van der Waals surface area (Å²) in [5.74, 6) is -0.635. The van der Waals surface area contributed by atoms with Crippen LogP contribution in [0, 0.1) is 12.7 Å². The van der Waals surface area contributed by atoms with E-state index in [1.165, 1.54) is 31.6 Å². The first-order chi connectivity index (χ1) is 8.90. The topological polar surface area (TPSA) is 98.0 Å². The number of nitrogens with two attached hydrogens (primary N) is 1. The summed E-state index contributed by atoms with van der Waals surface area (Å²) in [6.07, 6.45) is 3.99. The third kappa shape index (κ3) is 2.79. The van der Waals surface area contributed by atoms with Crippen LogP contribution in [0.3, 0.4) is 0 Å². The number of halogens is 1. The summed E-state index contributed by atoms with van der Waals surface area (Å²) in [7, 11) is -3.96. The zero-order valence-electron chi connectivity index (χ0n) is 9.96. The number of hydrogen-bond donors (Lipinski definition) is 2. The molecule has 1 aromatic heterocycles. The van der Waals surface area contributed by atoms with Gasteiger partial charge in [-0.2, -0.15) is 0 Å². The molecule has 8 heteroatoms. The van der Waals surface area contributed by atoms with Crippen LogP contribution in [0.4, 0.5) is 15.9 Å². The van der Waals surface area contributed by atoms with E-state index in [2.05, 4.69) is 14.7 Å². The first-order valence-electron chi connectivity index (χ1n) is 5.24. The summed E-state index contributed by atoms with van der Waals surface area (Å²) < 4.78 is 40.0. The van der Waals surface area contributed by atoms with Crippen LogP contribution in [0.2, 0.25) is 0 Å². The highest BCUT2D eigenvalue weighted by molar-refractivity contribution is 7.92. The molecule has 6 nitrogen and oxygen atoms in total. The Balaban J connectivity index is 2.46. The van der Waals surface area contributed by atoms with Crippen molar-refractivity contribution in [2.24, 2.45) is 0 Å². The monoisotopic (exact) mass is 282 g/mol. The number of aromatic nitrogens is 2. The van der Waals surface area contributed by atoms with E-state index in [9.17, 15) is 12.8 Å². The van der Waals surface area contributed by atoms with Crippen LogP contribution < -0.4 is 10.5 Å².